The Balaban J connectivity index is 1.56. The molecule has 0 saturated carbocycles. The second-order valence-electron chi connectivity index (χ2n) is 10.5. The number of furan rings is 1. The van der Waals surface area contributed by atoms with Gasteiger partial charge < -0.3 is 4.42 Å². The molecular formula is C33H29N2OSi+. The maximum absolute atomic E-state index is 7.39. The van der Waals surface area contributed by atoms with Crippen LogP contribution in [-0.4, -0.2) is 8.07 Å². The smallest absolute Gasteiger partial charge is 0.216 e. The van der Waals surface area contributed by atoms with Gasteiger partial charge in [0.15, 0.2) is 5.69 Å². The molecule has 4 heteroatoms. The first-order valence-electron chi connectivity index (χ1n) is 12.6. The summed E-state index contributed by atoms with van der Waals surface area (Å²) in [7, 11) is 0.351. The molecule has 0 aliphatic carbocycles. The maximum atomic E-state index is 7.39. The van der Waals surface area contributed by atoms with Crippen LogP contribution in [0.2, 0.25) is 13.1 Å². The van der Waals surface area contributed by atoms with Crippen LogP contribution in [0.5, 0.6) is 0 Å². The number of nitrogens with zero attached hydrogens (tertiary/aromatic N) is 2. The summed E-state index contributed by atoms with van der Waals surface area (Å²) in [4.78, 5) is 3.59. The molecule has 0 unspecified atom stereocenters. The third-order valence-electron chi connectivity index (χ3n) is 8.04. The highest BCUT2D eigenvalue weighted by molar-refractivity contribution is 7.00. The Morgan fingerprint density at radius 3 is 2.35 bits per heavy atom. The minimum Gasteiger partial charge on any atom is -0.456 e. The van der Waals surface area contributed by atoms with Crippen molar-refractivity contribution in [3.8, 4) is 11.3 Å². The third-order valence-corrected chi connectivity index (χ3v) is 11.6. The number of aromatic nitrogens is 1. The van der Waals surface area contributed by atoms with Gasteiger partial charge in [0.2, 0.25) is 11.2 Å². The molecule has 0 bridgehead atoms. The highest BCUT2D eigenvalue weighted by Crippen LogP contribution is 2.39. The van der Waals surface area contributed by atoms with E-state index >= 15 is 0 Å². The molecule has 6 rings (SSSR count). The quantitative estimate of drug-likeness (QED) is 0.144. The van der Waals surface area contributed by atoms with Crippen molar-refractivity contribution in [3.05, 3.63) is 107 Å². The SMILES string of the molecule is [C-]#[N+]c1ccc2c(c1)oc1c(-c3ccc4cc([Si](C)(C)c5ccccc5)ccc4[n+]3C)c(C)c(C)cc12. The number of fused-ring (bicyclic) bond motifs is 4. The van der Waals surface area contributed by atoms with Gasteiger partial charge in [0, 0.05) is 28.3 Å². The number of pyridine rings is 1. The second kappa shape index (κ2) is 8.43. The highest BCUT2D eigenvalue weighted by Gasteiger charge is 2.28. The zero-order valence-electron chi connectivity index (χ0n) is 21.9. The molecule has 0 N–H and O–H groups in total. The van der Waals surface area contributed by atoms with Gasteiger partial charge in [-0.15, -0.1) is 0 Å². The van der Waals surface area contributed by atoms with Crippen LogP contribution in [0.1, 0.15) is 11.1 Å². The van der Waals surface area contributed by atoms with E-state index < -0.39 is 8.07 Å². The number of hydrogen-bond acceptors (Lipinski definition) is 1. The van der Waals surface area contributed by atoms with E-state index in [4.69, 9.17) is 11.0 Å². The Labute approximate surface area is 218 Å². The van der Waals surface area contributed by atoms with Crippen molar-refractivity contribution in [1.82, 2.24) is 0 Å². The molecule has 6 aromatic rings. The van der Waals surface area contributed by atoms with Gasteiger partial charge in [0.1, 0.15) is 26.3 Å². The summed E-state index contributed by atoms with van der Waals surface area (Å²) in [6, 6.07) is 30.3. The fourth-order valence-electron chi connectivity index (χ4n) is 5.57. The van der Waals surface area contributed by atoms with Crippen molar-refractivity contribution in [2.45, 2.75) is 26.9 Å². The number of hydrogen-bond donors (Lipinski definition) is 0. The van der Waals surface area contributed by atoms with Crippen molar-refractivity contribution in [2.75, 3.05) is 0 Å². The summed E-state index contributed by atoms with van der Waals surface area (Å²) >= 11 is 0. The first-order chi connectivity index (χ1) is 17.8. The molecule has 3 nitrogen and oxygen atoms in total. The van der Waals surface area contributed by atoms with Gasteiger partial charge in [-0.2, -0.15) is 4.57 Å². The molecule has 4 aromatic carbocycles. The molecule has 2 heterocycles. The minimum atomic E-state index is -1.79. The van der Waals surface area contributed by atoms with Crippen LogP contribution in [0.4, 0.5) is 5.69 Å². The van der Waals surface area contributed by atoms with Gasteiger partial charge in [-0.1, -0.05) is 72.0 Å². The Hall–Kier alpha value is -4.20. The fourth-order valence-corrected chi connectivity index (χ4v) is 7.94. The summed E-state index contributed by atoms with van der Waals surface area (Å²) in [6.45, 7) is 16.6. The van der Waals surface area contributed by atoms with Crippen LogP contribution in [0.3, 0.4) is 0 Å². The Morgan fingerprint density at radius 2 is 1.59 bits per heavy atom. The van der Waals surface area contributed by atoms with Crippen LogP contribution in [0, 0.1) is 20.4 Å². The first-order valence-corrected chi connectivity index (χ1v) is 15.6. The molecule has 2 aromatic heterocycles. The molecule has 180 valence electrons. The zero-order valence-corrected chi connectivity index (χ0v) is 22.9. The Kier molecular flexibility index (Phi) is 5.29. The molecule has 37 heavy (non-hydrogen) atoms. The van der Waals surface area contributed by atoms with E-state index in [0.29, 0.717) is 5.69 Å². The van der Waals surface area contributed by atoms with E-state index in [9.17, 15) is 0 Å². The van der Waals surface area contributed by atoms with Crippen molar-refractivity contribution in [3.63, 3.8) is 0 Å². The molecule has 0 spiro atoms. The van der Waals surface area contributed by atoms with Crippen LogP contribution in [0.15, 0.2) is 89.3 Å². The van der Waals surface area contributed by atoms with E-state index in [1.807, 2.05) is 18.2 Å². The summed E-state index contributed by atoms with van der Waals surface area (Å²) in [5, 5.41) is 6.26. The maximum Gasteiger partial charge on any atom is 0.216 e. The van der Waals surface area contributed by atoms with Gasteiger partial charge in [-0.3, -0.25) is 0 Å². The molecule has 0 aliphatic rings. The van der Waals surface area contributed by atoms with E-state index in [-0.39, 0.29) is 0 Å². The lowest BCUT2D eigenvalue weighted by molar-refractivity contribution is -0.633. The third kappa shape index (κ3) is 3.58. The lowest BCUT2D eigenvalue weighted by Crippen LogP contribution is -2.52. The lowest BCUT2D eigenvalue weighted by atomic mass is 9.96. The van der Waals surface area contributed by atoms with Crippen molar-refractivity contribution < 1.29 is 8.98 Å². The van der Waals surface area contributed by atoms with Crippen molar-refractivity contribution in [1.29, 1.82) is 0 Å². The fraction of sp³-hybridized carbons (Fsp3) is 0.152. The number of aryl methyl sites for hydroxylation is 2. The van der Waals surface area contributed by atoms with Crippen LogP contribution in [-0.2, 0) is 7.05 Å². The van der Waals surface area contributed by atoms with Crippen LogP contribution >= 0.6 is 0 Å². The van der Waals surface area contributed by atoms with E-state index in [2.05, 4.69) is 110 Å². The normalized spacial score (nSPS) is 11.9. The lowest BCUT2D eigenvalue weighted by Gasteiger charge is -2.23. The molecule has 0 amide bonds. The molecule has 0 aliphatic heterocycles. The summed E-state index contributed by atoms with van der Waals surface area (Å²) in [5.41, 5.74) is 8.10. The largest absolute Gasteiger partial charge is 0.456 e. The number of rotatable bonds is 3. The van der Waals surface area contributed by atoms with Gasteiger partial charge in [0.05, 0.1) is 12.1 Å². The van der Waals surface area contributed by atoms with Crippen molar-refractivity contribution >= 4 is 57.0 Å². The standard InChI is InChI=1S/C33H29N2OSi/c1-21-18-28-27-15-13-24(34-3)20-31(27)36-33(28)32(22(21)2)30-16-12-23-19-26(14-17-29(23)35(30)4)37(5,6)25-10-8-7-9-11-25/h7-20H,1-2,4-6H3/q+1. The molecule has 0 atom stereocenters. The Morgan fingerprint density at radius 1 is 0.811 bits per heavy atom. The summed E-state index contributed by atoms with van der Waals surface area (Å²) in [5.74, 6) is 0. The molecular weight excluding hydrogens is 468 g/mol. The summed E-state index contributed by atoms with van der Waals surface area (Å²) < 4.78 is 8.73. The summed E-state index contributed by atoms with van der Waals surface area (Å²) in [6.07, 6.45) is 0. The zero-order chi connectivity index (χ0) is 25.9. The number of benzene rings is 4. The van der Waals surface area contributed by atoms with Gasteiger partial charge >= 0.3 is 0 Å². The van der Waals surface area contributed by atoms with Crippen LogP contribution in [0.25, 0.3) is 48.9 Å². The highest BCUT2D eigenvalue weighted by atomic mass is 28.3. The van der Waals surface area contributed by atoms with E-state index in [1.165, 1.54) is 32.4 Å². The Bertz CT molecular complexity index is 1890. The average Bonchev–Trinajstić information content (AvgIpc) is 3.27. The molecule has 0 saturated heterocycles. The minimum absolute atomic E-state index is 0.593. The van der Waals surface area contributed by atoms with Gasteiger partial charge in [0.25, 0.3) is 0 Å². The average molecular weight is 498 g/mol. The monoisotopic (exact) mass is 497 g/mol. The van der Waals surface area contributed by atoms with Gasteiger partial charge in [-0.25, -0.2) is 4.85 Å². The van der Waals surface area contributed by atoms with E-state index in [1.54, 1.807) is 0 Å². The van der Waals surface area contributed by atoms with Gasteiger partial charge in [-0.05, 0) is 49.2 Å². The topological polar surface area (TPSA) is 21.4 Å². The van der Waals surface area contributed by atoms with E-state index in [0.717, 1.165) is 33.2 Å². The predicted molar refractivity (Wildman–Crippen MR) is 157 cm³/mol. The van der Waals surface area contributed by atoms with Crippen molar-refractivity contribution in [2.24, 2.45) is 7.05 Å². The molecule has 0 fully saturated rings. The van der Waals surface area contributed by atoms with Crippen LogP contribution < -0.4 is 14.9 Å². The first kappa shape index (κ1) is 23.2. The predicted octanol–water partition coefficient (Wildman–Crippen LogP) is 7.22. The molecule has 0 radical (unpaired) electrons. The second-order valence-corrected chi connectivity index (χ2v) is 14.9.